The van der Waals surface area contributed by atoms with Crippen LogP contribution in [0.25, 0.3) is 0 Å². The van der Waals surface area contributed by atoms with Gasteiger partial charge in [0.05, 0.1) is 22.3 Å². The summed E-state index contributed by atoms with van der Waals surface area (Å²) in [4.78, 5) is 24.7. The normalized spacial score (nSPS) is 10.1. The first-order valence-corrected chi connectivity index (χ1v) is 12.5. The molecule has 0 atom stereocenters. The Morgan fingerprint density at radius 2 is 1.38 bits per heavy atom. The third kappa shape index (κ3) is 10.7. The van der Waals surface area contributed by atoms with E-state index < -0.39 is 5.97 Å². The summed E-state index contributed by atoms with van der Waals surface area (Å²) in [5.41, 5.74) is 4.97. The van der Waals surface area contributed by atoms with E-state index in [9.17, 15) is 14.7 Å². The summed E-state index contributed by atoms with van der Waals surface area (Å²) in [5, 5.41) is 17.7. The van der Waals surface area contributed by atoms with E-state index in [4.69, 9.17) is 23.2 Å². The monoisotopic (exact) mass is 551 g/mol. The van der Waals surface area contributed by atoms with Crippen molar-refractivity contribution in [2.45, 2.75) is 34.1 Å². The van der Waals surface area contributed by atoms with Crippen molar-refractivity contribution in [3.8, 4) is 0 Å². The Morgan fingerprint density at radius 1 is 0.838 bits per heavy atom. The molecule has 3 aromatic rings. The number of carbonyl (C=O) groups excluding carboxylic acids is 2. The Balaban J connectivity index is 0.000000363. The molecule has 0 aliphatic rings. The van der Waals surface area contributed by atoms with E-state index in [-0.39, 0.29) is 41.9 Å². The number of amides is 1. The van der Waals surface area contributed by atoms with Gasteiger partial charge in [0.1, 0.15) is 0 Å². The number of carboxylic acid groups (broad SMARTS) is 1. The van der Waals surface area contributed by atoms with Crippen LogP contribution in [0.2, 0.25) is 10.0 Å². The summed E-state index contributed by atoms with van der Waals surface area (Å²) in [7, 11) is 0. The molecule has 3 rings (SSSR count). The number of hydrogen-bond donors (Lipinski definition) is 2. The van der Waals surface area contributed by atoms with Gasteiger partial charge in [-0.1, -0.05) is 79.5 Å². The molecule has 0 saturated carbocycles. The van der Waals surface area contributed by atoms with Crippen LogP contribution in [0.5, 0.6) is 0 Å². The van der Waals surface area contributed by atoms with Gasteiger partial charge >= 0.3 is 29.6 Å². The molecule has 0 aliphatic heterocycles. The molecule has 6 nitrogen and oxygen atoms in total. The first-order valence-electron chi connectivity index (χ1n) is 11.7. The third-order valence-corrected chi connectivity index (χ3v) is 6.21. The smallest absolute Gasteiger partial charge is 0.550 e. The van der Waals surface area contributed by atoms with E-state index in [1.807, 2.05) is 32.0 Å². The number of aryl methyl sites for hydroxylation is 2. The maximum Gasteiger partial charge on any atom is 1.00 e. The van der Waals surface area contributed by atoms with Gasteiger partial charge in [0.15, 0.2) is 0 Å². The molecule has 0 spiro atoms. The number of para-hydroxylation sites is 3. The summed E-state index contributed by atoms with van der Waals surface area (Å²) in [6, 6.07) is 18.2. The number of halogens is 2. The van der Waals surface area contributed by atoms with E-state index in [0.29, 0.717) is 33.5 Å². The van der Waals surface area contributed by atoms with Gasteiger partial charge in [0.25, 0.3) is 0 Å². The number of nitrogens with one attached hydrogen (secondary N) is 2. The molecule has 1 amide bonds. The number of carbonyl (C=O) groups is 2. The number of anilines is 3. The zero-order valence-electron chi connectivity index (χ0n) is 22.0. The van der Waals surface area contributed by atoms with Gasteiger partial charge in [0, 0.05) is 23.8 Å². The van der Waals surface area contributed by atoms with E-state index in [1.54, 1.807) is 42.5 Å². The van der Waals surface area contributed by atoms with Crippen LogP contribution in [0.3, 0.4) is 0 Å². The van der Waals surface area contributed by atoms with Crippen LogP contribution in [0.4, 0.5) is 17.1 Å². The summed E-state index contributed by atoms with van der Waals surface area (Å²) >= 11 is 12.1. The summed E-state index contributed by atoms with van der Waals surface area (Å²) in [5.74, 6) is -1.08. The van der Waals surface area contributed by atoms with E-state index in [2.05, 4.69) is 29.4 Å². The average molecular weight is 552 g/mol. The van der Waals surface area contributed by atoms with Crippen LogP contribution in [0.15, 0.2) is 60.7 Å². The van der Waals surface area contributed by atoms with Crippen molar-refractivity contribution in [1.82, 2.24) is 4.90 Å². The molecule has 0 heterocycles. The topological polar surface area (TPSA) is 84.5 Å². The van der Waals surface area contributed by atoms with Crippen LogP contribution in [0.1, 0.15) is 30.5 Å². The minimum atomic E-state index is -1.14. The fraction of sp³-hybridized carbons (Fsp3) is 0.286. The Kier molecular flexibility index (Phi) is 14.9. The number of hydrogen-bond acceptors (Lipinski definition) is 5. The van der Waals surface area contributed by atoms with Crippen molar-refractivity contribution < 1.29 is 44.3 Å². The second-order valence-electron chi connectivity index (χ2n) is 8.20. The van der Waals surface area contributed by atoms with Crippen molar-refractivity contribution in [2.75, 3.05) is 30.3 Å². The Morgan fingerprint density at radius 3 is 1.92 bits per heavy atom. The maximum absolute atomic E-state index is 11.9. The number of aliphatic carboxylic acids is 1. The molecule has 37 heavy (non-hydrogen) atoms. The molecule has 0 radical (unpaired) electrons. The Labute approximate surface area is 251 Å². The third-order valence-electron chi connectivity index (χ3n) is 5.58. The predicted octanol–water partition coefficient (Wildman–Crippen LogP) is 2.62. The fourth-order valence-electron chi connectivity index (χ4n) is 3.54. The van der Waals surface area contributed by atoms with Crippen LogP contribution in [-0.2, 0) is 16.0 Å². The first kappa shape index (κ1) is 33.0. The molecular formula is C28H32Cl2N3NaO3. The van der Waals surface area contributed by atoms with Crippen LogP contribution in [0, 0.1) is 13.8 Å². The molecule has 0 saturated heterocycles. The zero-order valence-corrected chi connectivity index (χ0v) is 25.5. The van der Waals surface area contributed by atoms with E-state index >= 15 is 0 Å². The number of benzene rings is 3. The molecule has 9 heteroatoms. The summed E-state index contributed by atoms with van der Waals surface area (Å²) in [6.07, 6.45) is -0.175. The number of likely N-dealkylation sites (N-methyl/N-ethyl adjacent to an activating group) is 1. The second-order valence-corrected chi connectivity index (χ2v) is 9.02. The molecular weight excluding hydrogens is 520 g/mol. The number of carboxylic acids is 1. The van der Waals surface area contributed by atoms with Crippen molar-refractivity contribution in [3.63, 3.8) is 0 Å². The van der Waals surface area contributed by atoms with Gasteiger partial charge in [0.2, 0.25) is 5.91 Å². The average Bonchev–Trinajstić information content (AvgIpc) is 2.83. The first-order chi connectivity index (χ1) is 17.2. The molecule has 0 aromatic heterocycles. The van der Waals surface area contributed by atoms with Gasteiger partial charge in [-0.2, -0.15) is 0 Å². The van der Waals surface area contributed by atoms with Gasteiger partial charge in [-0.3, -0.25) is 9.69 Å². The van der Waals surface area contributed by atoms with E-state index in [1.165, 1.54) is 0 Å². The number of rotatable bonds is 9. The van der Waals surface area contributed by atoms with Crippen LogP contribution in [-0.4, -0.2) is 36.4 Å². The minimum absolute atomic E-state index is 0. The van der Waals surface area contributed by atoms with Crippen LogP contribution < -0.4 is 45.3 Å². The zero-order chi connectivity index (χ0) is 26.7. The Bertz CT molecular complexity index is 1150. The molecule has 0 unspecified atom stereocenters. The van der Waals surface area contributed by atoms with Crippen molar-refractivity contribution in [2.24, 2.45) is 0 Å². The fourth-order valence-corrected chi connectivity index (χ4v) is 4.04. The quantitative estimate of drug-likeness (QED) is 0.399. The molecule has 2 N–H and O–H groups in total. The molecule has 0 fully saturated rings. The minimum Gasteiger partial charge on any atom is -0.550 e. The van der Waals surface area contributed by atoms with Crippen molar-refractivity contribution in [1.29, 1.82) is 0 Å². The SMILES string of the molecule is CCN(CC)CC(=O)Nc1c(C)cccc1C.O=C([O-])Cc1ccccc1Nc1c(Cl)cccc1Cl.[Na+]. The molecule has 3 aromatic carbocycles. The Hall–Kier alpha value is -2.06. The number of nitrogens with zero attached hydrogens (tertiary/aromatic N) is 1. The van der Waals surface area contributed by atoms with E-state index in [0.717, 1.165) is 29.9 Å². The largest absolute Gasteiger partial charge is 1.00 e. The molecule has 0 bridgehead atoms. The molecule has 192 valence electrons. The summed E-state index contributed by atoms with van der Waals surface area (Å²) in [6.45, 7) is 10.4. The van der Waals surface area contributed by atoms with Gasteiger partial charge in [-0.15, -0.1) is 0 Å². The van der Waals surface area contributed by atoms with Crippen LogP contribution >= 0.6 is 23.2 Å². The van der Waals surface area contributed by atoms with Gasteiger partial charge < -0.3 is 20.5 Å². The van der Waals surface area contributed by atoms with Gasteiger partial charge in [-0.05, 0) is 61.8 Å². The van der Waals surface area contributed by atoms with Crippen molar-refractivity contribution in [3.05, 3.63) is 87.4 Å². The standard InChI is InChI=1S/C14H11Cl2NO2.C14H22N2O.Na/c15-10-5-3-6-11(16)14(10)17-12-7-2-1-4-9(12)8-13(18)19;1-5-16(6-2)10-13(17)15-14-11(3)8-7-9-12(14)4;/h1-7,17H,8H2,(H,18,19);7-9H,5-6,10H2,1-4H3,(H,15,17);/q;;+1/p-1. The second kappa shape index (κ2) is 16.7. The van der Waals surface area contributed by atoms with Crippen molar-refractivity contribution >= 4 is 52.1 Å². The predicted molar refractivity (Wildman–Crippen MR) is 147 cm³/mol. The maximum atomic E-state index is 11.9. The molecule has 0 aliphatic carbocycles. The summed E-state index contributed by atoms with van der Waals surface area (Å²) < 4.78 is 0. The van der Waals surface area contributed by atoms with Gasteiger partial charge in [-0.25, -0.2) is 0 Å².